The molecule has 5 heteroatoms. The standard InChI is InChI=1S/C10H13N5.CH4/c1-7(2)15-6-12-14-10(15)8-4-3-5-9(11)13-8;/h3-7H,1-2H3,(H2,11,13);1H4. The first kappa shape index (κ1) is 12.2. The average molecular weight is 219 g/mol. The second-order valence-corrected chi connectivity index (χ2v) is 3.60. The first-order valence-electron chi connectivity index (χ1n) is 4.81. The smallest absolute Gasteiger partial charge is 0.182 e. The Kier molecular flexibility index (Phi) is 3.60. The molecule has 0 atom stereocenters. The van der Waals surface area contributed by atoms with Crippen LogP contribution in [0.2, 0.25) is 0 Å². The van der Waals surface area contributed by atoms with Gasteiger partial charge in [0.1, 0.15) is 17.8 Å². The SMILES string of the molecule is C.CC(C)n1cnnc1-c1cccc(N)n1. The highest BCUT2D eigenvalue weighted by atomic mass is 15.3. The van der Waals surface area contributed by atoms with Crippen LogP contribution in [0.4, 0.5) is 5.82 Å². The minimum absolute atomic E-state index is 0. The Labute approximate surface area is 95.3 Å². The zero-order valence-corrected chi connectivity index (χ0v) is 8.75. The maximum absolute atomic E-state index is 5.62. The summed E-state index contributed by atoms with van der Waals surface area (Å²) in [6.07, 6.45) is 1.70. The van der Waals surface area contributed by atoms with E-state index >= 15 is 0 Å². The van der Waals surface area contributed by atoms with E-state index in [1.165, 1.54) is 0 Å². The van der Waals surface area contributed by atoms with E-state index in [1.807, 2.05) is 16.7 Å². The maximum Gasteiger partial charge on any atom is 0.182 e. The van der Waals surface area contributed by atoms with Gasteiger partial charge < -0.3 is 10.3 Å². The quantitative estimate of drug-likeness (QED) is 0.840. The van der Waals surface area contributed by atoms with Crippen LogP contribution in [-0.4, -0.2) is 19.7 Å². The summed E-state index contributed by atoms with van der Waals surface area (Å²) in [5, 5.41) is 7.93. The minimum atomic E-state index is 0. The lowest BCUT2D eigenvalue weighted by atomic mass is 10.3. The fourth-order valence-electron chi connectivity index (χ4n) is 1.38. The van der Waals surface area contributed by atoms with Gasteiger partial charge in [-0.05, 0) is 26.0 Å². The highest BCUT2D eigenvalue weighted by Crippen LogP contribution is 2.18. The van der Waals surface area contributed by atoms with E-state index in [2.05, 4.69) is 29.0 Å². The summed E-state index contributed by atoms with van der Waals surface area (Å²) in [6.45, 7) is 4.14. The molecule has 2 heterocycles. The molecular formula is C11H17N5. The third-order valence-electron chi connectivity index (χ3n) is 2.13. The average Bonchev–Trinajstić information content (AvgIpc) is 2.65. The molecule has 2 aromatic heterocycles. The highest BCUT2D eigenvalue weighted by molar-refractivity contribution is 5.52. The molecule has 16 heavy (non-hydrogen) atoms. The van der Waals surface area contributed by atoms with Crippen molar-refractivity contribution in [2.24, 2.45) is 0 Å². The van der Waals surface area contributed by atoms with Crippen molar-refractivity contribution in [1.29, 1.82) is 0 Å². The number of nitrogen functional groups attached to an aromatic ring is 1. The third kappa shape index (κ3) is 2.18. The summed E-state index contributed by atoms with van der Waals surface area (Å²) >= 11 is 0. The second-order valence-electron chi connectivity index (χ2n) is 3.60. The minimum Gasteiger partial charge on any atom is -0.384 e. The van der Waals surface area contributed by atoms with Crippen LogP contribution in [0.5, 0.6) is 0 Å². The Morgan fingerprint density at radius 2 is 2.06 bits per heavy atom. The van der Waals surface area contributed by atoms with Gasteiger partial charge in [-0.2, -0.15) is 0 Å². The van der Waals surface area contributed by atoms with Crippen molar-refractivity contribution in [3.05, 3.63) is 24.5 Å². The molecule has 0 aliphatic carbocycles. The summed E-state index contributed by atoms with van der Waals surface area (Å²) in [5.41, 5.74) is 6.37. The van der Waals surface area contributed by atoms with Crippen LogP contribution in [0.25, 0.3) is 11.5 Å². The highest BCUT2D eigenvalue weighted by Gasteiger charge is 2.10. The molecule has 0 fully saturated rings. The molecule has 2 N–H and O–H groups in total. The van der Waals surface area contributed by atoms with Crippen molar-refractivity contribution >= 4 is 5.82 Å². The molecule has 0 radical (unpaired) electrons. The van der Waals surface area contributed by atoms with Gasteiger partial charge in [0, 0.05) is 6.04 Å². The van der Waals surface area contributed by atoms with E-state index in [4.69, 9.17) is 5.73 Å². The summed E-state index contributed by atoms with van der Waals surface area (Å²) in [7, 11) is 0. The van der Waals surface area contributed by atoms with E-state index in [-0.39, 0.29) is 7.43 Å². The number of hydrogen-bond acceptors (Lipinski definition) is 4. The number of pyridine rings is 1. The predicted octanol–water partition coefficient (Wildman–Crippen LogP) is 2.14. The molecule has 0 aromatic carbocycles. The van der Waals surface area contributed by atoms with Crippen LogP contribution in [0.15, 0.2) is 24.5 Å². The molecule has 0 aliphatic heterocycles. The Morgan fingerprint density at radius 1 is 1.31 bits per heavy atom. The van der Waals surface area contributed by atoms with Crippen molar-refractivity contribution in [2.75, 3.05) is 5.73 Å². The van der Waals surface area contributed by atoms with Gasteiger partial charge in [-0.25, -0.2) is 4.98 Å². The second kappa shape index (κ2) is 4.74. The van der Waals surface area contributed by atoms with E-state index in [9.17, 15) is 0 Å². The zero-order chi connectivity index (χ0) is 10.8. The molecule has 0 spiro atoms. The molecular weight excluding hydrogens is 202 g/mol. The Hall–Kier alpha value is -1.91. The molecule has 2 rings (SSSR count). The van der Waals surface area contributed by atoms with Crippen LogP contribution >= 0.6 is 0 Å². The predicted molar refractivity (Wildman–Crippen MR) is 64.8 cm³/mol. The number of nitrogens with two attached hydrogens (primary N) is 1. The largest absolute Gasteiger partial charge is 0.384 e. The molecule has 0 saturated heterocycles. The topological polar surface area (TPSA) is 69.6 Å². The number of rotatable bonds is 2. The van der Waals surface area contributed by atoms with Crippen LogP contribution in [0.1, 0.15) is 27.3 Å². The van der Waals surface area contributed by atoms with Gasteiger partial charge in [0.2, 0.25) is 0 Å². The molecule has 0 saturated carbocycles. The van der Waals surface area contributed by atoms with Gasteiger partial charge in [-0.3, -0.25) is 0 Å². The van der Waals surface area contributed by atoms with E-state index in [0.29, 0.717) is 11.9 Å². The van der Waals surface area contributed by atoms with Gasteiger partial charge in [0.05, 0.1) is 0 Å². The lowest BCUT2D eigenvalue weighted by Crippen LogP contribution is -2.03. The van der Waals surface area contributed by atoms with Gasteiger partial charge in [0.15, 0.2) is 5.82 Å². The van der Waals surface area contributed by atoms with Gasteiger partial charge in [-0.1, -0.05) is 13.5 Å². The maximum atomic E-state index is 5.62. The van der Waals surface area contributed by atoms with Crippen LogP contribution in [-0.2, 0) is 0 Å². The van der Waals surface area contributed by atoms with E-state index < -0.39 is 0 Å². The normalized spacial score (nSPS) is 10.2. The van der Waals surface area contributed by atoms with Crippen LogP contribution in [0.3, 0.4) is 0 Å². The Bertz CT molecular complexity index is 461. The summed E-state index contributed by atoms with van der Waals surface area (Å²) in [5.74, 6) is 1.24. The van der Waals surface area contributed by atoms with Crippen LogP contribution < -0.4 is 5.73 Å². The van der Waals surface area contributed by atoms with Gasteiger partial charge >= 0.3 is 0 Å². The first-order chi connectivity index (χ1) is 7.18. The molecule has 2 aromatic rings. The molecule has 86 valence electrons. The Balaban J connectivity index is 0.00000128. The van der Waals surface area contributed by atoms with Crippen LogP contribution in [0, 0.1) is 0 Å². The summed E-state index contributed by atoms with van der Waals surface area (Å²) in [6, 6.07) is 5.79. The fourth-order valence-corrected chi connectivity index (χ4v) is 1.38. The van der Waals surface area contributed by atoms with Crippen molar-refractivity contribution in [3.8, 4) is 11.5 Å². The Morgan fingerprint density at radius 3 is 2.69 bits per heavy atom. The number of aromatic nitrogens is 4. The first-order valence-corrected chi connectivity index (χ1v) is 4.81. The summed E-state index contributed by atoms with van der Waals surface area (Å²) in [4.78, 5) is 4.21. The number of hydrogen-bond donors (Lipinski definition) is 1. The van der Waals surface area contributed by atoms with Gasteiger partial charge in [0.25, 0.3) is 0 Å². The van der Waals surface area contributed by atoms with E-state index in [1.54, 1.807) is 12.4 Å². The molecule has 0 bridgehead atoms. The molecule has 0 amide bonds. The van der Waals surface area contributed by atoms with Crippen molar-refractivity contribution < 1.29 is 0 Å². The van der Waals surface area contributed by atoms with Crippen molar-refractivity contribution in [3.63, 3.8) is 0 Å². The monoisotopic (exact) mass is 219 g/mol. The number of nitrogens with zero attached hydrogens (tertiary/aromatic N) is 4. The third-order valence-corrected chi connectivity index (χ3v) is 2.13. The molecule has 5 nitrogen and oxygen atoms in total. The fraction of sp³-hybridized carbons (Fsp3) is 0.364. The number of anilines is 1. The van der Waals surface area contributed by atoms with E-state index in [0.717, 1.165) is 11.5 Å². The summed E-state index contributed by atoms with van der Waals surface area (Å²) < 4.78 is 1.96. The van der Waals surface area contributed by atoms with Crippen molar-refractivity contribution in [2.45, 2.75) is 27.3 Å². The lowest BCUT2D eigenvalue weighted by molar-refractivity contribution is 0.603. The molecule has 0 aliphatic rings. The molecule has 0 unspecified atom stereocenters. The zero-order valence-electron chi connectivity index (χ0n) is 8.75. The van der Waals surface area contributed by atoms with Gasteiger partial charge in [-0.15, -0.1) is 10.2 Å². The lowest BCUT2D eigenvalue weighted by Gasteiger charge is -2.09. The van der Waals surface area contributed by atoms with Crippen molar-refractivity contribution in [1.82, 2.24) is 19.7 Å².